The number of alkyl halides is 1. The Morgan fingerprint density at radius 1 is 1.07 bits per heavy atom. The summed E-state index contributed by atoms with van der Waals surface area (Å²) in [4.78, 5) is 61.7. The first kappa shape index (κ1) is 51.5. The Morgan fingerprint density at radius 2 is 1.78 bits per heavy atom. The third-order valence-corrected chi connectivity index (χ3v) is 17.1. The average Bonchev–Trinajstić information content (AvgIpc) is 3.75. The van der Waals surface area contributed by atoms with Crippen molar-refractivity contribution in [2.45, 2.75) is 91.5 Å². The number of phenolic OH excluding ortho intramolecular Hbond substituents is 1. The van der Waals surface area contributed by atoms with Crippen LogP contribution < -0.4 is 52.3 Å². The number of aliphatic hydroxyl groups is 3. The number of esters is 1. The van der Waals surface area contributed by atoms with Crippen LogP contribution in [0.25, 0.3) is 38.7 Å². The van der Waals surface area contributed by atoms with E-state index in [-0.39, 0.29) is 99.7 Å². The van der Waals surface area contributed by atoms with Crippen molar-refractivity contribution in [3.8, 4) is 17.2 Å². The zero-order valence-electron chi connectivity index (χ0n) is 40.5. The van der Waals surface area contributed by atoms with Gasteiger partial charge in [-0.25, -0.2) is 0 Å². The molecule has 5 N–H and O–H groups in total. The quantitative estimate of drug-likeness (QED) is 0.0124. The molecule has 7 rings (SSSR count). The minimum absolute atomic E-state index is 0.0176. The van der Waals surface area contributed by atoms with Gasteiger partial charge in [0.1, 0.15) is 29.5 Å². The topological polar surface area (TPSA) is 243 Å². The van der Waals surface area contributed by atoms with Crippen LogP contribution >= 0.6 is 0 Å². The molecule has 1 aromatic heterocycles. The zero-order valence-corrected chi connectivity index (χ0v) is 42.6. The van der Waals surface area contributed by atoms with E-state index in [1.54, 1.807) is 32.9 Å². The maximum atomic E-state index is 14.7. The summed E-state index contributed by atoms with van der Waals surface area (Å²) >= 11 is -0.181. The maximum absolute atomic E-state index is 14.7. The van der Waals surface area contributed by atoms with Gasteiger partial charge >= 0.3 is 187 Å². The molecule has 4 heterocycles. The number of nitrogens with zero attached hydrogens (tertiary/aromatic N) is 2. The van der Waals surface area contributed by atoms with Crippen LogP contribution in [-0.2, 0) is 28.5 Å². The van der Waals surface area contributed by atoms with Crippen molar-refractivity contribution in [1.29, 1.82) is 0 Å². The molecule has 8 atom stereocenters. The predicted molar refractivity (Wildman–Crippen MR) is 253 cm³/mol. The maximum Gasteiger partial charge on any atom is 0.160 e. The van der Waals surface area contributed by atoms with Gasteiger partial charge in [0, 0.05) is 42.9 Å². The van der Waals surface area contributed by atoms with Crippen molar-refractivity contribution in [2.24, 2.45) is 17.8 Å². The van der Waals surface area contributed by atoms with Crippen molar-refractivity contribution in [3.05, 3.63) is 79.5 Å². The molecular weight excluding hydrogens is 1010 g/mol. The summed E-state index contributed by atoms with van der Waals surface area (Å²) in [5.41, 5.74) is -3.11. The molecule has 19 heteroatoms. The van der Waals surface area contributed by atoms with Gasteiger partial charge in [0.15, 0.2) is 5.60 Å². The van der Waals surface area contributed by atoms with Crippen LogP contribution in [0.1, 0.15) is 54.0 Å². The van der Waals surface area contributed by atoms with Gasteiger partial charge in [-0.1, -0.05) is 39.0 Å². The SMILES string of the molecule is CO[C@@H](/C=C/O)[C@@H](C)[C@@H](OC(C)=O)[C@@H]1O[C@@H]([C@@H](C)/C=C/C=C(/C)C(=O)Nc2c(=O)c3c(O)c(C)c4c(c3c3nc5c(=O)cc(OCC[N+]6([I-]C)CCOCC6)cc5oc23)=C(O)C(C)(C)O4)[C@@H](C)[C@H]1O. The Morgan fingerprint density at radius 3 is 2.43 bits per heavy atom. The second-order valence-corrected chi connectivity index (χ2v) is 21.5. The van der Waals surface area contributed by atoms with Gasteiger partial charge in [0.25, 0.3) is 0 Å². The molecule has 0 unspecified atom stereocenters. The van der Waals surface area contributed by atoms with Gasteiger partial charge in [-0.15, -0.1) is 0 Å². The molecule has 3 aromatic carbocycles. The molecule has 2 fully saturated rings. The number of methoxy groups -OCH3 is 1. The minimum atomic E-state index is -1.25. The van der Waals surface area contributed by atoms with Crippen molar-refractivity contribution in [3.63, 3.8) is 0 Å². The van der Waals surface area contributed by atoms with E-state index < -0.39 is 76.4 Å². The van der Waals surface area contributed by atoms with Crippen LogP contribution in [0, 0.1) is 24.7 Å². The number of fused-ring (bicyclic) bond motifs is 6. The Balaban J connectivity index is 1.23. The number of ether oxygens (including phenoxy) is 6. The first-order chi connectivity index (χ1) is 32.7. The van der Waals surface area contributed by atoms with E-state index in [2.05, 4.69) is 10.2 Å². The number of rotatable bonds is 16. The molecule has 0 saturated carbocycles. The summed E-state index contributed by atoms with van der Waals surface area (Å²) in [6.45, 7) is 17.3. The molecule has 2 saturated heterocycles. The van der Waals surface area contributed by atoms with Crippen LogP contribution in [0.15, 0.2) is 62.3 Å². The summed E-state index contributed by atoms with van der Waals surface area (Å²) in [6.07, 6.45) is 3.19. The third kappa shape index (κ3) is 9.90. The number of aliphatic hydroxyl groups excluding tert-OH is 3. The average molecular weight is 1070 g/mol. The number of benzene rings is 3. The first-order valence-electron chi connectivity index (χ1n) is 22.8. The molecule has 69 heavy (non-hydrogen) atoms. The number of carbonyl (C=O) groups excluding carboxylic acids is 2. The van der Waals surface area contributed by atoms with E-state index in [1.165, 1.54) is 52.2 Å². The molecular formula is C50H62IN3O15. The molecule has 3 aliphatic rings. The number of anilines is 1. The number of halogens is 1. The van der Waals surface area contributed by atoms with E-state index in [0.717, 1.165) is 28.6 Å². The standard InChI is InChI=1S/C50H62IN3O15/c1-24(43-28(5)41(59)47(68-43)45(66-29(6)56)26(3)32(63-10)14-18-55)12-11-13-25(2)49(62)53-39-42(60)35-34(36-44(27(4)40(35)58)69-50(7,8)48(36)61)38-46(39)67-33-23-30(22-31(57)37(33)52-38)65-21-17-54(51-9)15-19-64-20-16-54/h11-14,18,22-24,26,28,32,41,43,45,47,55,58-59,61H,15-17,19-21H2,1-10H3,(H,53,62)/b12-11+,18-14+,25-13-/t24-,26+,28-,32-,41+,43-,45+,47+/m0/s1. The number of aromatic nitrogens is 1. The van der Waals surface area contributed by atoms with E-state index in [0.29, 0.717) is 19.8 Å². The number of aromatic hydroxyl groups is 1. The monoisotopic (exact) mass is 1070 g/mol. The van der Waals surface area contributed by atoms with Crippen molar-refractivity contribution < 1.29 is 87.0 Å². The van der Waals surface area contributed by atoms with E-state index in [1.807, 2.05) is 13.8 Å². The van der Waals surface area contributed by atoms with E-state index >= 15 is 0 Å². The smallest absolute Gasteiger partial charge is 0.160 e. The number of hydrogen-bond acceptors (Lipinski definition) is 16. The Bertz CT molecular complexity index is 2920. The number of phenols is 1. The normalized spacial score (nSPS) is 23.1. The van der Waals surface area contributed by atoms with Gasteiger partial charge in [0.05, 0.1) is 24.6 Å². The zero-order chi connectivity index (χ0) is 50.3. The molecule has 18 nitrogen and oxygen atoms in total. The van der Waals surface area contributed by atoms with Gasteiger partial charge in [-0.05, 0) is 33.8 Å². The molecule has 3 aliphatic heterocycles. The molecule has 0 aliphatic carbocycles. The van der Waals surface area contributed by atoms with Crippen molar-refractivity contribution in [1.82, 2.24) is 4.98 Å². The minimum Gasteiger partial charge on any atom is -0.507 e. The van der Waals surface area contributed by atoms with Gasteiger partial charge in [-0.3, -0.25) is 9.59 Å². The number of carbonyl (C=O) groups is 2. The van der Waals surface area contributed by atoms with Crippen LogP contribution in [0.3, 0.4) is 0 Å². The largest absolute Gasteiger partial charge is 0.507 e. The number of hydrogen-bond donors (Lipinski definition) is 5. The second-order valence-electron chi connectivity index (χ2n) is 18.5. The molecule has 0 radical (unpaired) electrons. The second kappa shape index (κ2) is 20.6. The Labute approximate surface area is 409 Å². The summed E-state index contributed by atoms with van der Waals surface area (Å²) in [5, 5.41) is 46.5. The summed E-state index contributed by atoms with van der Waals surface area (Å²) in [6, 6.07) is 2.82. The van der Waals surface area contributed by atoms with Gasteiger partial charge in [0.2, 0.25) is 0 Å². The van der Waals surface area contributed by atoms with Gasteiger partial charge < -0.3 is 39.4 Å². The fourth-order valence-electron chi connectivity index (χ4n) is 9.49. The molecule has 1 amide bonds. The summed E-state index contributed by atoms with van der Waals surface area (Å²) in [5.74, 6) is -2.86. The fourth-order valence-corrected chi connectivity index (χ4v) is 11.5. The van der Waals surface area contributed by atoms with Gasteiger partial charge in [-0.2, -0.15) is 0 Å². The van der Waals surface area contributed by atoms with Crippen molar-refractivity contribution in [2.75, 3.05) is 56.8 Å². The first-order valence-corrected chi connectivity index (χ1v) is 26.0. The van der Waals surface area contributed by atoms with Crippen LogP contribution in [0.4, 0.5) is 5.69 Å². The van der Waals surface area contributed by atoms with Crippen LogP contribution in [0.2, 0.25) is 0 Å². The van der Waals surface area contributed by atoms with E-state index in [9.17, 15) is 39.6 Å². The van der Waals surface area contributed by atoms with Crippen molar-refractivity contribution >= 4 is 56.3 Å². The molecule has 0 spiro atoms. The number of amides is 1. The Hall–Kier alpha value is -5.32. The summed E-state index contributed by atoms with van der Waals surface area (Å²) in [7, 11) is 1.45. The predicted octanol–water partition coefficient (Wildman–Crippen LogP) is 1.78. The molecule has 4 aromatic rings. The number of nitrogens with one attached hydrogen (secondary N) is 1. The van der Waals surface area contributed by atoms with E-state index in [4.69, 9.17) is 37.8 Å². The van der Waals surface area contributed by atoms with Crippen LogP contribution in [-0.4, -0.2) is 128 Å². The molecule has 374 valence electrons. The van der Waals surface area contributed by atoms with Crippen LogP contribution in [0.5, 0.6) is 17.2 Å². The Kier molecular flexibility index (Phi) is 15.4. The number of allylic oxidation sites excluding steroid dienone is 2. The number of quaternary nitrogens is 1. The number of morpholine rings is 1. The third-order valence-electron chi connectivity index (χ3n) is 13.6. The fraction of sp³-hybridized carbons (Fsp3) is 0.500. The summed E-state index contributed by atoms with van der Waals surface area (Å²) < 4.78 is 42.7. The molecule has 0 bridgehead atoms.